The number of aromatic nitrogens is 1. The Labute approximate surface area is 126 Å². The van der Waals surface area contributed by atoms with Crippen LogP contribution in [0.4, 0.5) is 4.39 Å². The summed E-state index contributed by atoms with van der Waals surface area (Å²) in [6.45, 7) is 2.93. The van der Waals surface area contributed by atoms with Crippen molar-refractivity contribution < 1.29 is 9.13 Å². The van der Waals surface area contributed by atoms with E-state index in [1.807, 2.05) is 24.3 Å². The molecule has 0 amide bonds. The summed E-state index contributed by atoms with van der Waals surface area (Å²) in [6.07, 6.45) is 6.98. The van der Waals surface area contributed by atoms with Crippen molar-refractivity contribution >= 4 is 0 Å². The van der Waals surface area contributed by atoms with Gasteiger partial charge in [0.15, 0.2) is 0 Å². The van der Waals surface area contributed by atoms with Crippen molar-refractivity contribution in [1.29, 1.82) is 0 Å². The predicted octanol–water partition coefficient (Wildman–Crippen LogP) is 4.57. The van der Waals surface area contributed by atoms with E-state index in [0.29, 0.717) is 0 Å². The van der Waals surface area contributed by atoms with E-state index < -0.39 is 0 Å². The summed E-state index contributed by atoms with van der Waals surface area (Å²) < 4.78 is 18.5. The lowest BCUT2D eigenvalue weighted by Gasteiger charge is -2.06. The van der Waals surface area contributed by atoms with Crippen LogP contribution in [0.25, 0.3) is 0 Å². The molecule has 0 aliphatic heterocycles. The maximum atomic E-state index is 12.8. The summed E-state index contributed by atoms with van der Waals surface area (Å²) in [5.74, 6) is 0.637. The lowest BCUT2D eigenvalue weighted by Crippen LogP contribution is -1.99. The fourth-order valence-corrected chi connectivity index (χ4v) is 2.11. The van der Waals surface area contributed by atoms with E-state index in [-0.39, 0.29) is 5.82 Å². The van der Waals surface area contributed by atoms with Gasteiger partial charge in [-0.3, -0.25) is 4.98 Å². The molecule has 112 valence electrons. The maximum Gasteiger partial charge on any atom is 0.137 e. The smallest absolute Gasteiger partial charge is 0.137 e. The van der Waals surface area contributed by atoms with Gasteiger partial charge in [-0.2, -0.15) is 0 Å². The quantitative estimate of drug-likeness (QED) is 0.663. The van der Waals surface area contributed by atoms with Crippen LogP contribution in [-0.2, 0) is 12.8 Å². The molecule has 0 saturated carbocycles. The number of halogens is 1. The molecule has 3 heteroatoms. The molecule has 0 radical (unpaired) electrons. The third-order valence-electron chi connectivity index (χ3n) is 3.40. The molecule has 0 unspecified atom stereocenters. The molecule has 0 N–H and O–H groups in total. The first-order chi connectivity index (χ1) is 10.3. The first-order valence-corrected chi connectivity index (χ1v) is 7.60. The molecule has 0 aliphatic carbocycles. The molecule has 21 heavy (non-hydrogen) atoms. The summed E-state index contributed by atoms with van der Waals surface area (Å²) in [4.78, 5) is 4.41. The van der Waals surface area contributed by atoms with Crippen molar-refractivity contribution in [2.45, 2.75) is 39.0 Å². The van der Waals surface area contributed by atoms with Gasteiger partial charge in [0.25, 0.3) is 0 Å². The van der Waals surface area contributed by atoms with Crippen molar-refractivity contribution in [3.63, 3.8) is 0 Å². The van der Waals surface area contributed by atoms with E-state index in [9.17, 15) is 4.39 Å². The van der Waals surface area contributed by atoms with Gasteiger partial charge in [0.1, 0.15) is 11.6 Å². The third-order valence-corrected chi connectivity index (χ3v) is 3.40. The predicted molar refractivity (Wildman–Crippen MR) is 83.1 cm³/mol. The van der Waals surface area contributed by atoms with Crippen LogP contribution in [0.15, 0.2) is 42.6 Å². The Morgan fingerprint density at radius 1 is 1.00 bits per heavy atom. The first-order valence-electron chi connectivity index (χ1n) is 7.60. The van der Waals surface area contributed by atoms with E-state index in [0.717, 1.165) is 42.9 Å². The van der Waals surface area contributed by atoms with Crippen LogP contribution in [0.1, 0.15) is 37.4 Å². The summed E-state index contributed by atoms with van der Waals surface area (Å²) in [5.41, 5.74) is 2.15. The van der Waals surface area contributed by atoms with Crippen molar-refractivity contribution in [3.8, 4) is 5.75 Å². The van der Waals surface area contributed by atoms with Crippen LogP contribution < -0.4 is 4.74 Å². The molecule has 0 saturated heterocycles. The van der Waals surface area contributed by atoms with Crippen molar-refractivity contribution in [1.82, 2.24) is 4.98 Å². The topological polar surface area (TPSA) is 22.1 Å². The fourth-order valence-electron chi connectivity index (χ4n) is 2.11. The Balaban J connectivity index is 1.78. The molecule has 2 rings (SSSR count). The van der Waals surface area contributed by atoms with E-state index in [4.69, 9.17) is 4.74 Å². The molecule has 0 spiro atoms. The van der Waals surface area contributed by atoms with Gasteiger partial charge in [-0.15, -0.1) is 0 Å². The van der Waals surface area contributed by atoms with E-state index in [1.165, 1.54) is 25.0 Å². The van der Waals surface area contributed by atoms with Crippen molar-refractivity contribution in [2.24, 2.45) is 0 Å². The minimum absolute atomic E-state index is 0.193. The van der Waals surface area contributed by atoms with Crippen LogP contribution in [0.3, 0.4) is 0 Å². The average molecular weight is 287 g/mol. The maximum absolute atomic E-state index is 12.8. The van der Waals surface area contributed by atoms with E-state index >= 15 is 0 Å². The standard InChI is InChI=1S/C18H22FNO/c1-2-3-4-13-21-18-12-11-17(20-14-18)10-7-15-5-8-16(19)9-6-15/h5-6,8-9,11-12,14H,2-4,7,10,13H2,1H3. The van der Waals surface area contributed by atoms with Gasteiger partial charge in [0.2, 0.25) is 0 Å². The minimum atomic E-state index is -0.193. The molecule has 0 fully saturated rings. The van der Waals surface area contributed by atoms with E-state index in [1.54, 1.807) is 6.20 Å². The number of hydrogen-bond donors (Lipinski definition) is 0. The number of rotatable bonds is 8. The molecule has 1 aromatic heterocycles. The van der Waals surface area contributed by atoms with Gasteiger partial charge in [-0.05, 0) is 49.1 Å². The number of unbranched alkanes of at least 4 members (excludes halogenated alkanes) is 2. The van der Waals surface area contributed by atoms with Crippen LogP contribution in [0, 0.1) is 5.82 Å². The first kappa shape index (κ1) is 15.5. The van der Waals surface area contributed by atoms with E-state index in [2.05, 4.69) is 11.9 Å². The zero-order valence-corrected chi connectivity index (χ0v) is 12.5. The molecule has 2 nitrogen and oxygen atoms in total. The highest BCUT2D eigenvalue weighted by atomic mass is 19.1. The number of pyridine rings is 1. The lowest BCUT2D eigenvalue weighted by atomic mass is 10.1. The molecule has 0 bridgehead atoms. The summed E-state index contributed by atoms with van der Waals surface area (Å²) >= 11 is 0. The second-order valence-electron chi connectivity index (χ2n) is 5.17. The van der Waals surface area contributed by atoms with Crippen molar-refractivity contribution in [2.75, 3.05) is 6.61 Å². The Kier molecular flexibility index (Phi) is 6.20. The van der Waals surface area contributed by atoms with Crippen LogP contribution >= 0.6 is 0 Å². The number of nitrogens with zero attached hydrogens (tertiary/aromatic N) is 1. The number of aryl methyl sites for hydroxylation is 2. The monoisotopic (exact) mass is 287 g/mol. The second-order valence-corrected chi connectivity index (χ2v) is 5.17. The molecule has 0 aliphatic rings. The zero-order valence-electron chi connectivity index (χ0n) is 12.5. The zero-order chi connectivity index (χ0) is 14.9. The normalized spacial score (nSPS) is 10.6. The molecule has 2 aromatic rings. The Morgan fingerprint density at radius 3 is 2.48 bits per heavy atom. The lowest BCUT2D eigenvalue weighted by molar-refractivity contribution is 0.305. The van der Waals surface area contributed by atoms with Crippen LogP contribution in [-0.4, -0.2) is 11.6 Å². The second kappa shape index (κ2) is 8.40. The van der Waals surface area contributed by atoms with Crippen LogP contribution in [0.5, 0.6) is 5.75 Å². The summed E-state index contributed by atoms with van der Waals surface area (Å²) in [5, 5.41) is 0. The van der Waals surface area contributed by atoms with Crippen LogP contribution in [0.2, 0.25) is 0 Å². The summed E-state index contributed by atoms with van der Waals surface area (Å²) in [7, 11) is 0. The van der Waals surface area contributed by atoms with Gasteiger partial charge >= 0.3 is 0 Å². The SMILES string of the molecule is CCCCCOc1ccc(CCc2ccc(F)cc2)nc1. The van der Waals surface area contributed by atoms with Gasteiger partial charge in [-0.25, -0.2) is 4.39 Å². The summed E-state index contributed by atoms with van der Waals surface area (Å²) in [6, 6.07) is 10.6. The van der Waals surface area contributed by atoms with Crippen molar-refractivity contribution in [3.05, 3.63) is 59.7 Å². The molecule has 1 heterocycles. The molecular formula is C18H22FNO. The Hall–Kier alpha value is -1.90. The number of benzene rings is 1. The number of hydrogen-bond acceptors (Lipinski definition) is 2. The fraction of sp³-hybridized carbons (Fsp3) is 0.389. The minimum Gasteiger partial charge on any atom is -0.492 e. The molecular weight excluding hydrogens is 265 g/mol. The average Bonchev–Trinajstić information content (AvgIpc) is 2.52. The Bertz CT molecular complexity index is 522. The highest BCUT2D eigenvalue weighted by Gasteiger charge is 2.00. The highest BCUT2D eigenvalue weighted by molar-refractivity contribution is 5.22. The van der Waals surface area contributed by atoms with Gasteiger partial charge in [-0.1, -0.05) is 31.9 Å². The molecule has 1 aromatic carbocycles. The molecule has 0 atom stereocenters. The largest absolute Gasteiger partial charge is 0.492 e. The third kappa shape index (κ3) is 5.54. The highest BCUT2D eigenvalue weighted by Crippen LogP contribution is 2.12. The number of ether oxygens (including phenoxy) is 1. The van der Waals surface area contributed by atoms with Gasteiger partial charge in [0.05, 0.1) is 12.8 Å². The Morgan fingerprint density at radius 2 is 1.81 bits per heavy atom. The van der Waals surface area contributed by atoms with Gasteiger partial charge in [0, 0.05) is 5.69 Å². The van der Waals surface area contributed by atoms with Gasteiger partial charge < -0.3 is 4.74 Å².